The molecule has 3 aromatic rings. The molecular weight excluding hydrogens is 252 g/mol. The molecule has 20 heavy (non-hydrogen) atoms. The van der Waals surface area contributed by atoms with E-state index >= 15 is 0 Å². The van der Waals surface area contributed by atoms with E-state index in [4.69, 9.17) is 4.74 Å². The lowest BCUT2D eigenvalue weighted by Crippen LogP contribution is -1.95. The number of hydrogen-bond acceptors (Lipinski definition) is 4. The van der Waals surface area contributed by atoms with Gasteiger partial charge in [-0.3, -0.25) is 0 Å². The van der Waals surface area contributed by atoms with E-state index in [0.29, 0.717) is 11.6 Å². The van der Waals surface area contributed by atoms with E-state index in [0.717, 1.165) is 22.2 Å². The highest BCUT2D eigenvalue weighted by Gasteiger charge is 2.11. The SMILES string of the molecule is COc1nc2ccccc2cc1-c1ccc(O)c(C)n1. The summed E-state index contributed by atoms with van der Waals surface area (Å²) in [6, 6.07) is 13.2. The first-order valence-corrected chi connectivity index (χ1v) is 6.30. The number of aryl methyl sites for hydroxylation is 1. The van der Waals surface area contributed by atoms with E-state index in [-0.39, 0.29) is 5.75 Å². The molecule has 0 unspecified atom stereocenters. The van der Waals surface area contributed by atoms with Crippen LogP contribution < -0.4 is 4.74 Å². The smallest absolute Gasteiger partial charge is 0.223 e. The Bertz CT molecular complexity index is 785. The van der Waals surface area contributed by atoms with Crippen LogP contribution >= 0.6 is 0 Å². The van der Waals surface area contributed by atoms with Crippen molar-refractivity contribution in [1.82, 2.24) is 9.97 Å². The Morgan fingerprint density at radius 2 is 1.85 bits per heavy atom. The lowest BCUT2D eigenvalue weighted by Gasteiger charge is -2.10. The summed E-state index contributed by atoms with van der Waals surface area (Å²) in [6.07, 6.45) is 0. The molecule has 0 spiro atoms. The summed E-state index contributed by atoms with van der Waals surface area (Å²) in [5, 5.41) is 10.6. The molecule has 0 amide bonds. The van der Waals surface area contributed by atoms with Gasteiger partial charge in [0, 0.05) is 5.39 Å². The number of rotatable bonds is 2. The van der Waals surface area contributed by atoms with Gasteiger partial charge in [0.05, 0.1) is 29.6 Å². The molecule has 0 bridgehead atoms. The van der Waals surface area contributed by atoms with Gasteiger partial charge in [0.1, 0.15) is 5.75 Å². The number of hydrogen-bond donors (Lipinski definition) is 1. The highest BCUT2D eigenvalue weighted by Crippen LogP contribution is 2.31. The van der Waals surface area contributed by atoms with E-state index < -0.39 is 0 Å². The van der Waals surface area contributed by atoms with Crippen molar-refractivity contribution in [3.05, 3.63) is 48.2 Å². The Morgan fingerprint density at radius 1 is 1.05 bits per heavy atom. The van der Waals surface area contributed by atoms with Gasteiger partial charge in [0.25, 0.3) is 0 Å². The molecule has 1 N–H and O–H groups in total. The number of aromatic nitrogens is 2. The highest BCUT2D eigenvalue weighted by atomic mass is 16.5. The second kappa shape index (κ2) is 4.81. The average Bonchev–Trinajstić information content (AvgIpc) is 2.48. The predicted octanol–water partition coefficient (Wildman–Crippen LogP) is 3.32. The molecule has 0 saturated heterocycles. The number of methoxy groups -OCH3 is 1. The van der Waals surface area contributed by atoms with Crippen LogP contribution in [0.2, 0.25) is 0 Å². The van der Waals surface area contributed by atoms with E-state index in [2.05, 4.69) is 9.97 Å². The molecule has 0 atom stereocenters. The summed E-state index contributed by atoms with van der Waals surface area (Å²) in [5.74, 6) is 0.711. The number of para-hydroxylation sites is 1. The lowest BCUT2D eigenvalue weighted by atomic mass is 10.1. The lowest BCUT2D eigenvalue weighted by molar-refractivity contribution is 0.401. The second-order valence-electron chi connectivity index (χ2n) is 4.54. The zero-order chi connectivity index (χ0) is 14.1. The van der Waals surface area contributed by atoms with Gasteiger partial charge in [-0.15, -0.1) is 0 Å². The third-order valence-corrected chi connectivity index (χ3v) is 3.22. The highest BCUT2D eigenvalue weighted by molar-refractivity contribution is 5.85. The largest absolute Gasteiger partial charge is 0.506 e. The van der Waals surface area contributed by atoms with Crippen LogP contribution in [-0.2, 0) is 0 Å². The summed E-state index contributed by atoms with van der Waals surface area (Å²) < 4.78 is 5.36. The van der Waals surface area contributed by atoms with Crippen molar-refractivity contribution in [2.24, 2.45) is 0 Å². The Kier molecular flexibility index (Phi) is 2.99. The Morgan fingerprint density at radius 3 is 2.60 bits per heavy atom. The Balaban J connectivity index is 2.25. The molecule has 4 nitrogen and oxygen atoms in total. The number of fused-ring (bicyclic) bond motifs is 1. The Labute approximate surface area is 116 Å². The van der Waals surface area contributed by atoms with Crippen molar-refractivity contribution in [2.75, 3.05) is 7.11 Å². The summed E-state index contributed by atoms with van der Waals surface area (Å²) in [7, 11) is 1.59. The zero-order valence-corrected chi connectivity index (χ0v) is 11.3. The minimum atomic E-state index is 0.182. The molecule has 0 radical (unpaired) electrons. The summed E-state index contributed by atoms with van der Waals surface area (Å²) >= 11 is 0. The van der Waals surface area contributed by atoms with E-state index in [1.807, 2.05) is 30.3 Å². The predicted molar refractivity (Wildman–Crippen MR) is 77.9 cm³/mol. The summed E-state index contributed by atoms with van der Waals surface area (Å²) in [5.41, 5.74) is 3.01. The van der Waals surface area contributed by atoms with E-state index in [1.165, 1.54) is 0 Å². The minimum absolute atomic E-state index is 0.182. The number of ether oxygens (including phenoxy) is 1. The standard InChI is InChI=1S/C16H14N2O2/c1-10-15(19)8-7-14(17-10)12-9-11-5-3-4-6-13(11)18-16(12)20-2/h3-9,19H,1-2H3. The van der Waals surface area contributed by atoms with Crippen molar-refractivity contribution in [2.45, 2.75) is 6.92 Å². The minimum Gasteiger partial charge on any atom is -0.506 e. The van der Waals surface area contributed by atoms with Crippen LogP contribution in [0.1, 0.15) is 5.69 Å². The van der Waals surface area contributed by atoms with Crippen LogP contribution in [0.3, 0.4) is 0 Å². The first-order valence-electron chi connectivity index (χ1n) is 6.30. The third kappa shape index (κ3) is 2.05. The normalized spacial score (nSPS) is 10.7. The first-order chi connectivity index (χ1) is 9.69. The molecule has 1 aromatic carbocycles. The van der Waals surface area contributed by atoms with Crippen LogP contribution in [0.5, 0.6) is 11.6 Å². The fourth-order valence-electron chi connectivity index (χ4n) is 2.14. The summed E-state index contributed by atoms with van der Waals surface area (Å²) in [4.78, 5) is 8.89. The van der Waals surface area contributed by atoms with Crippen molar-refractivity contribution < 1.29 is 9.84 Å². The molecule has 3 rings (SSSR count). The van der Waals surface area contributed by atoms with Crippen molar-refractivity contribution in [3.8, 4) is 22.9 Å². The molecule has 2 aromatic heterocycles. The van der Waals surface area contributed by atoms with E-state index in [9.17, 15) is 5.11 Å². The number of benzene rings is 1. The molecular formula is C16H14N2O2. The molecule has 2 heterocycles. The van der Waals surface area contributed by atoms with Gasteiger partial charge in [0.2, 0.25) is 5.88 Å². The van der Waals surface area contributed by atoms with Crippen molar-refractivity contribution >= 4 is 10.9 Å². The van der Waals surface area contributed by atoms with Gasteiger partial charge >= 0.3 is 0 Å². The van der Waals surface area contributed by atoms with Crippen LogP contribution in [0.15, 0.2) is 42.5 Å². The number of aromatic hydroxyl groups is 1. The summed E-state index contributed by atoms with van der Waals surface area (Å²) in [6.45, 7) is 1.76. The maximum atomic E-state index is 9.58. The van der Waals surface area contributed by atoms with E-state index in [1.54, 1.807) is 26.2 Å². The molecule has 0 saturated carbocycles. The monoisotopic (exact) mass is 266 g/mol. The fourth-order valence-corrected chi connectivity index (χ4v) is 2.14. The molecule has 4 heteroatoms. The van der Waals surface area contributed by atoms with Crippen molar-refractivity contribution in [1.29, 1.82) is 0 Å². The van der Waals surface area contributed by atoms with Gasteiger partial charge in [-0.05, 0) is 31.2 Å². The number of pyridine rings is 2. The van der Waals surface area contributed by atoms with Crippen LogP contribution in [0, 0.1) is 6.92 Å². The second-order valence-corrected chi connectivity index (χ2v) is 4.54. The maximum absolute atomic E-state index is 9.58. The topological polar surface area (TPSA) is 55.2 Å². The molecule has 0 aliphatic carbocycles. The molecule has 0 aliphatic rings. The third-order valence-electron chi connectivity index (χ3n) is 3.22. The number of nitrogens with zero attached hydrogens (tertiary/aromatic N) is 2. The molecule has 0 aliphatic heterocycles. The zero-order valence-electron chi connectivity index (χ0n) is 11.3. The van der Waals surface area contributed by atoms with Gasteiger partial charge in [-0.1, -0.05) is 18.2 Å². The maximum Gasteiger partial charge on any atom is 0.223 e. The van der Waals surface area contributed by atoms with Gasteiger partial charge in [-0.2, -0.15) is 0 Å². The van der Waals surface area contributed by atoms with Crippen LogP contribution in [-0.4, -0.2) is 22.2 Å². The molecule has 100 valence electrons. The van der Waals surface area contributed by atoms with Crippen LogP contribution in [0.25, 0.3) is 22.2 Å². The van der Waals surface area contributed by atoms with Crippen LogP contribution in [0.4, 0.5) is 0 Å². The van der Waals surface area contributed by atoms with Gasteiger partial charge in [-0.25, -0.2) is 9.97 Å². The van der Waals surface area contributed by atoms with Gasteiger partial charge < -0.3 is 9.84 Å². The Hall–Kier alpha value is -2.62. The molecule has 0 fully saturated rings. The average molecular weight is 266 g/mol. The quantitative estimate of drug-likeness (QED) is 0.773. The van der Waals surface area contributed by atoms with Crippen molar-refractivity contribution in [3.63, 3.8) is 0 Å². The first kappa shape index (κ1) is 12.4. The fraction of sp³-hybridized carbons (Fsp3) is 0.125. The van der Waals surface area contributed by atoms with Gasteiger partial charge in [0.15, 0.2) is 0 Å².